The van der Waals surface area contributed by atoms with Gasteiger partial charge in [-0.1, -0.05) is 63.2 Å². The van der Waals surface area contributed by atoms with Crippen molar-refractivity contribution in [3.05, 3.63) is 89.0 Å². The smallest absolute Gasteiger partial charge is 0.332 e. The van der Waals surface area contributed by atoms with Crippen LogP contribution in [0.2, 0.25) is 0 Å². The summed E-state index contributed by atoms with van der Waals surface area (Å²) >= 11 is 0. The minimum Gasteiger partial charge on any atom is -0.508 e. The number of anilines is 1. The SMILES string of the molecule is COC(=O)C1(Cc2ccccc2)Cc2c(O)cccc2N1C(=O)c1ccc(C(C)(C)C)c(OC)c1. The fourth-order valence-corrected chi connectivity index (χ4v) is 4.93. The molecule has 1 N–H and O–H groups in total. The fourth-order valence-electron chi connectivity index (χ4n) is 4.93. The second kappa shape index (κ2) is 9.10. The molecule has 0 aliphatic carbocycles. The number of methoxy groups -OCH3 is 2. The number of aromatic hydroxyl groups is 1. The van der Waals surface area contributed by atoms with Crippen LogP contribution in [0.3, 0.4) is 0 Å². The molecule has 0 aromatic heterocycles. The molecular formula is C29H31NO5. The van der Waals surface area contributed by atoms with Crippen molar-refractivity contribution in [3.8, 4) is 11.5 Å². The summed E-state index contributed by atoms with van der Waals surface area (Å²) < 4.78 is 10.9. The maximum absolute atomic E-state index is 14.2. The molecule has 0 bridgehead atoms. The first kappa shape index (κ1) is 24.3. The zero-order chi connectivity index (χ0) is 25.4. The Morgan fingerprint density at radius 2 is 1.71 bits per heavy atom. The Bertz CT molecular complexity index is 1260. The van der Waals surface area contributed by atoms with Crippen molar-refractivity contribution in [2.75, 3.05) is 19.1 Å². The largest absolute Gasteiger partial charge is 0.508 e. The molecule has 6 heteroatoms. The second-order valence-electron chi connectivity index (χ2n) is 9.94. The van der Waals surface area contributed by atoms with Crippen LogP contribution in [0, 0.1) is 0 Å². The highest BCUT2D eigenvalue weighted by Gasteiger charge is 2.54. The molecule has 35 heavy (non-hydrogen) atoms. The van der Waals surface area contributed by atoms with Crippen LogP contribution in [0.15, 0.2) is 66.7 Å². The predicted octanol–water partition coefficient (Wildman–Crippen LogP) is 5.06. The molecule has 1 amide bonds. The van der Waals surface area contributed by atoms with Crippen LogP contribution in [0.25, 0.3) is 0 Å². The number of esters is 1. The summed E-state index contributed by atoms with van der Waals surface area (Å²) in [6, 6.07) is 19.9. The van der Waals surface area contributed by atoms with Crippen molar-refractivity contribution in [2.45, 2.75) is 44.6 Å². The fraction of sp³-hybridized carbons (Fsp3) is 0.310. The van der Waals surface area contributed by atoms with E-state index in [1.807, 2.05) is 36.4 Å². The molecule has 6 nitrogen and oxygen atoms in total. The van der Waals surface area contributed by atoms with Crippen molar-refractivity contribution in [3.63, 3.8) is 0 Å². The zero-order valence-electron chi connectivity index (χ0n) is 20.8. The molecule has 1 atom stereocenters. The summed E-state index contributed by atoms with van der Waals surface area (Å²) in [5.74, 6) is -0.261. The molecule has 4 rings (SSSR count). The summed E-state index contributed by atoms with van der Waals surface area (Å²) in [5, 5.41) is 10.7. The van der Waals surface area contributed by atoms with Gasteiger partial charge in [0.05, 0.1) is 19.9 Å². The molecule has 0 fully saturated rings. The number of carbonyl (C=O) groups is 2. The standard InChI is InChI=1S/C29H31NO5/c1-28(2,3)22-15-14-20(16-25(22)34-4)26(32)30-23-12-9-13-24(31)21(23)18-29(30,27(33)35-5)17-19-10-7-6-8-11-19/h6-16,31H,17-18H2,1-5H3. The lowest BCUT2D eigenvalue weighted by molar-refractivity contribution is -0.146. The summed E-state index contributed by atoms with van der Waals surface area (Å²) in [6.45, 7) is 6.23. The Labute approximate surface area is 206 Å². The number of ether oxygens (including phenoxy) is 2. The van der Waals surface area contributed by atoms with Crippen LogP contribution in [-0.4, -0.2) is 36.7 Å². The molecule has 0 spiro atoms. The van der Waals surface area contributed by atoms with E-state index < -0.39 is 11.5 Å². The van der Waals surface area contributed by atoms with Gasteiger partial charge in [-0.2, -0.15) is 0 Å². The number of hydrogen-bond donors (Lipinski definition) is 1. The van der Waals surface area contributed by atoms with Gasteiger partial charge in [-0.25, -0.2) is 4.79 Å². The quantitative estimate of drug-likeness (QED) is 0.525. The molecule has 3 aromatic rings. The lowest BCUT2D eigenvalue weighted by atomic mass is 9.85. The van der Waals surface area contributed by atoms with Crippen molar-refractivity contribution in [1.29, 1.82) is 0 Å². The Hall–Kier alpha value is -3.80. The summed E-state index contributed by atoms with van der Waals surface area (Å²) in [5.41, 5.74) is 1.73. The van der Waals surface area contributed by atoms with Gasteiger partial charge in [0, 0.05) is 24.0 Å². The lowest BCUT2D eigenvalue weighted by Gasteiger charge is -2.36. The number of phenols is 1. The number of phenolic OH excluding ortho intramolecular Hbond substituents is 1. The average Bonchev–Trinajstić information content (AvgIpc) is 3.18. The summed E-state index contributed by atoms with van der Waals surface area (Å²) in [7, 11) is 2.90. The van der Waals surface area contributed by atoms with Gasteiger partial charge in [0.15, 0.2) is 5.54 Å². The van der Waals surface area contributed by atoms with E-state index >= 15 is 0 Å². The van der Waals surface area contributed by atoms with Gasteiger partial charge in [-0.05, 0) is 40.8 Å². The first-order chi connectivity index (χ1) is 16.6. The molecule has 1 aliphatic heterocycles. The number of nitrogens with zero attached hydrogens (tertiary/aromatic N) is 1. The average molecular weight is 474 g/mol. The minimum absolute atomic E-state index is 0.0415. The number of benzene rings is 3. The highest BCUT2D eigenvalue weighted by Crippen LogP contribution is 2.46. The van der Waals surface area contributed by atoms with Gasteiger partial charge >= 0.3 is 5.97 Å². The van der Waals surface area contributed by atoms with E-state index in [0.29, 0.717) is 22.6 Å². The molecule has 1 unspecified atom stereocenters. The predicted molar refractivity (Wildman–Crippen MR) is 135 cm³/mol. The maximum Gasteiger partial charge on any atom is 0.332 e. The topological polar surface area (TPSA) is 76.1 Å². The molecule has 0 radical (unpaired) electrons. The van der Waals surface area contributed by atoms with Crippen molar-refractivity contribution in [2.24, 2.45) is 0 Å². The van der Waals surface area contributed by atoms with E-state index in [-0.39, 0.29) is 29.9 Å². The molecule has 0 saturated heterocycles. The number of rotatable bonds is 5. The third kappa shape index (κ3) is 4.25. The van der Waals surface area contributed by atoms with E-state index in [9.17, 15) is 14.7 Å². The van der Waals surface area contributed by atoms with Crippen LogP contribution in [0.4, 0.5) is 5.69 Å². The minimum atomic E-state index is -1.36. The van der Waals surface area contributed by atoms with E-state index in [1.165, 1.54) is 12.0 Å². The van der Waals surface area contributed by atoms with E-state index in [2.05, 4.69) is 20.8 Å². The van der Waals surface area contributed by atoms with Gasteiger partial charge in [-0.15, -0.1) is 0 Å². The van der Waals surface area contributed by atoms with Crippen molar-refractivity contribution < 1.29 is 24.2 Å². The Morgan fingerprint density at radius 1 is 1.00 bits per heavy atom. The van der Waals surface area contributed by atoms with Gasteiger partial charge in [0.1, 0.15) is 11.5 Å². The normalized spacial score (nSPS) is 17.1. The maximum atomic E-state index is 14.2. The van der Waals surface area contributed by atoms with Crippen LogP contribution >= 0.6 is 0 Å². The summed E-state index contributed by atoms with van der Waals surface area (Å²) in [6.07, 6.45) is 0.372. The molecule has 0 saturated carbocycles. The second-order valence-corrected chi connectivity index (χ2v) is 9.94. The Balaban J connectivity index is 1.90. The van der Waals surface area contributed by atoms with Gasteiger partial charge in [0.25, 0.3) is 5.91 Å². The highest BCUT2D eigenvalue weighted by molar-refractivity contribution is 6.13. The van der Waals surface area contributed by atoms with Crippen LogP contribution < -0.4 is 9.64 Å². The van der Waals surface area contributed by atoms with Gasteiger partial charge in [0.2, 0.25) is 0 Å². The van der Waals surface area contributed by atoms with Crippen LogP contribution in [0.1, 0.15) is 47.8 Å². The number of carbonyl (C=O) groups excluding carboxylic acids is 2. The van der Waals surface area contributed by atoms with E-state index in [0.717, 1.165) is 11.1 Å². The van der Waals surface area contributed by atoms with Crippen LogP contribution in [-0.2, 0) is 27.8 Å². The van der Waals surface area contributed by atoms with Crippen molar-refractivity contribution >= 4 is 17.6 Å². The molecule has 3 aromatic carbocycles. The third-order valence-electron chi connectivity index (χ3n) is 6.63. The first-order valence-corrected chi connectivity index (χ1v) is 11.6. The van der Waals surface area contributed by atoms with Crippen LogP contribution in [0.5, 0.6) is 11.5 Å². The van der Waals surface area contributed by atoms with E-state index in [4.69, 9.17) is 9.47 Å². The first-order valence-electron chi connectivity index (χ1n) is 11.6. The number of hydrogen-bond acceptors (Lipinski definition) is 5. The Kier molecular flexibility index (Phi) is 6.32. The zero-order valence-corrected chi connectivity index (χ0v) is 20.8. The van der Waals surface area contributed by atoms with Gasteiger partial charge < -0.3 is 14.6 Å². The molecule has 182 valence electrons. The monoisotopic (exact) mass is 473 g/mol. The third-order valence-corrected chi connectivity index (χ3v) is 6.63. The Morgan fingerprint density at radius 3 is 2.34 bits per heavy atom. The number of fused-ring (bicyclic) bond motifs is 1. The van der Waals surface area contributed by atoms with E-state index in [1.54, 1.807) is 37.4 Å². The summed E-state index contributed by atoms with van der Waals surface area (Å²) in [4.78, 5) is 29.1. The molecular weight excluding hydrogens is 442 g/mol. The molecule has 1 heterocycles. The molecule has 1 aliphatic rings. The highest BCUT2D eigenvalue weighted by atomic mass is 16.5. The number of amides is 1. The van der Waals surface area contributed by atoms with Crippen molar-refractivity contribution in [1.82, 2.24) is 0 Å². The van der Waals surface area contributed by atoms with Gasteiger partial charge in [-0.3, -0.25) is 9.69 Å². The lowest BCUT2D eigenvalue weighted by Crippen LogP contribution is -2.58.